The Kier molecular flexibility index (Phi) is 4.06. The van der Waals surface area contributed by atoms with E-state index in [9.17, 15) is 4.79 Å². The fourth-order valence-corrected chi connectivity index (χ4v) is 3.05. The molecule has 106 valence electrons. The fraction of sp³-hybridized carbons (Fsp3) is 0.176. The molecular formula is C17H15NO2S. The number of pyridine rings is 1. The Bertz CT molecular complexity index is 812. The second-order valence-corrected chi connectivity index (χ2v) is 5.73. The van der Waals surface area contributed by atoms with Gasteiger partial charge in [0, 0.05) is 23.4 Å². The summed E-state index contributed by atoms with van der Waals surface area (Å²) in [6.45, 7) is 2.08. The van der Waals surface area contributed by atoms with Gasteiger partial charge >= 0.3 is 5.63 Å². The van der Waals surface area contributed by atoms with E-state index in [4.69, 9.17) is 4.42 Å². The van der Waals surface area contributed by atoms with Crippen LogP contribution in [0.1, 0.15) is 18.1 Å². The number of nitrogens with zero attached hydrogens (tertiary/aromatic N) is 1. The third-order valence-electron chi connectivity index (χ3n) is 3.32. The van der Waals surface area contributed by atoms with Crippen LogP contribution in [0.3, 0.4) is 0 Å². The van der Waals surface area contributed by atoms with Gasteiger partial charge < -0.3 is 4.42 Å². The predicted molar refractivity (Wildman–Crippen MR) is 85.7 cm³/mol. The first-order chi connectivity index (χ1) is 10.3. The molecule has 0 saturated heterocycles. The molecule has 0 aliphatic carbocycles. The minimum atomic E-state index is -0.299. The Morgan fingerprint density at radius 3 is 2.86 bits per heavy atom. The van der Waals surface area contributed by atoms with E-state index in [0.29, 0.717) is 11.3 Å². The van der Waals surface area contributed by atoms with Crippen molar-refractivity contribution in [3.63, 3.8) is 0 Å². The van der Waals surface area contributed by atoms with Crippen LogP contribution in [0, 0.1) is 0 Å². The van der Waals surface area contributed by atoms with Gasteiger partial charge in [-0.3, -0.25) is 0 Å². The van der Waals surface area contributed by atoms with Crippen LogP contribution < -0.4 is 5.63 Å². The van der Waals surface area contributed by atoms with E-state index in [0.717, 1.165) is 22.4 Å². The lowest BCUT2D eigenvalue weighted by molar-refractivity contribution is 0.559. The maximum absolute atomic E-state index is 11.7. The smallest absolute Gasteiger partial charge is 0.336 e. The van der Waals surface area contributed by atoms with Crippen LogP contribution in [-0.4, -0.2) is 4.98 Å². The average Bonchev–Trinajstić information content (AvgIpc) is 2.52. The molecule has 3 aromatic rings. The molecule has 0 bridgehead atoms. The zero-order valence-electron chi connectivity index (χ0n) is 11.7. The molecule has 2 aromatic heterocycles. The molecule has 3 rings (SSSR count). The van der Waals surface area contributed by atoms with Crippen molar-refractivity contribution in [3.8, 4) is 0 Å². The molecule has 0 spiro atoms. The molecule has 0 saturated carbocycles. The molecule has 3 nitrogen and oxygen atoms in total. The van der Waals surface area contributed by atoms with Gasteiger partial charge in [-0.15, -0.1) is 11.8 Å². The Labute approximate surface area is 127 Å². The average molecular weight is 297 g/mol. The molecule has 2 heterocycles. The number of rotatable bonds is 4. The van der Waals surface area contributed by atoms with Crippen LogP contribution in [0.25, 0.3) is 11.0 Å². The van der Waals surface area contributed by atoms with Crippen LogP contribution >= 0.6 is 11.8 Å². The van der Waals surface area contributed by atoms with Gasteiger partial charge in [0.05, 0.1) is 5.03 Å². The van der Waals surface area contributed by atoms with Crippen molar-refractivity contribution >= 4 is 22.7 Å². The second kappa shape index (κ2) is 6.14. The van der Waals surface area contributed by atoms with Crippen molar-refractivity contribution < 1.29 is 4.42 Å². The fourth-order valence-electron chi connectivity index (χ4n) is 2.20. The highest BCUT2D eigenvalue weighted by Crippen LogP contribution is 2.25. The largest absolute Gasteiger partial charge is 0.423 e. The Balaban J connectivity index is 1.96. The number of fused-ring (bicyclic) bond motifs is 1. The minimum absolute atomic E-state index is 0.299. The molecule has 0 amide bonds. The lowest BCUT2D eigenvalue weighted by Gasteiger charge is -2.06. The van der Waals surface area contributed by atoms with Crippen molar-refractivity contribution in [2.75, 3.05) is 0 Å². The van der Waals surface area contributed by atoms with E-state index in [1.54, 1.807) is 24.0 Å². The summed E-state index contributed by atoms with van der Waals surface area (Å²) in [5.41, 5.74) is 2.52. The van der Waals surface area contributed by atoms with Crippen LogP contribution in [0.4, 0.5) is 0 Å². The molecule has 0 aliphatic heterocycles. The maximum Gasteiger partial charge on any atom is 0.336 e. The van der Waals surface area contributed by atoms with E-state index in [2.05, 4.69) is 18.0 Å². The Morgan fingerprint density at radius 1 is 1.19 bits per heavy atom. The number of thioether (sulfide) groups is 1. The first-order valence-electron chi connectivity index (χ1n) is 6.86. The summed E-state index contributed by atoms with van der Waals surface area (Å²) in [7, 11) is 0. The van der Waals surface area contributed by atoms with Crippen LogP contribution in [0.2, 0.25) is 0 Å². The SMILES string of the molecule is CCc1ccc2c(CSc3ccccn3)cc(=O)oc2c1. The predicted octanol–water partition coefficient (Wildman–Crippen LogP) is 4.04. The molecule has 0 unspecified atom stereocenters. The Morgan fingerprint density at radius 2 is 2.10 bits per heavy atom. The molecule has 21 heavy (non-hydrogen) atoms. The van der Waals surface area contributed by atoms with Gasteiger partial charge in [0.2, 0.25) is 0 Å². The summed E-state index contributed by atoms with van der Waals surface area (Å²) in [5, 5.41) is 1.94. The third kappa shape index (κ3) is 3.16. The van der Waals surface area contributed by atoms with Crippen molar-refractivity contribution in [2.45, 2.75) is 24.1 Å². The first-order valence-corrected chi connectivity index (χ1v) is 7.84. The summed E-state index contributed by atoms with van der Waals surface area (Å²) in [4.78, 5) is 16.0. The lowest BCUT2D eigenvalue weighted by atomic mass is 10.1. The number of hydrogen-bond donors (Lipinski definition) is 0. The highest BCUT2D eigenvalue weighted by molar-refractivity contribution is 7.98. The van der Waals surface area contributed by atoms with Gasteiger partial charge in [0.25, 0.3) is 0 Å². The second-order valence-electron chi connectivity index (χ2n) is 4.73. The molecular weight excluding hydrogens is 282 g/mol. The van der Waals surface area contributed by atoms with E-state index in [1.165, 1.54) is 5.56 Å². The molecule has 0 radical (unpaired) electrons. The van der Waals surface area contributed by atoms with Crippen molar-refractivity contribution in [2.24, 2.45) is 0 Å². The van der Waals surface area contributed by atoms with Gasteiger partial charge in [0.15, 0.2) is 0 Å². The topological polar surface area (TPSA) is 43.1 Å². The van der Waals surface area contributed by atoms with Crippen molar-refractivity contribution in [1.29, 1.82) is 0 Å². The maximum atomic E-state index is 11.7. The van der Waals surface area contributed by atoms with Crippen LogP contribution in [0.15, 0.2) is 62.9 Å². The van der Waals surface area contributed by atoms with Gasteiger partial charge in [0.1, 0.15) is 5.58 Å². The van der Waals surface area contributed by atoms with E-state index in [1.807, 2.05) is 30.3 Å². The molecule has 1 aromatic carbocycles. The zero-order chi connectivity index (χ0) is 14.7. The highest BCUT2D eigenvalue weighted by Gasteiger charge is 2.07. The van der Waals surface area contributed by atoms with Crippen LogP contribution in [-0.2, 0) is 12.2 Å². The van der Waals surface area contributed by atoms with Crippen LogP contribution in [0.5, 0.6) is 0 Å². The standard InChI is InChI=1S/C17H15NO2S/c1-2-12-6-7-14-13(10-17(19)20-15(14)9-12)11-21-16-5-3-4-8-18-16/h3-10H,2,11H2,1H3. The van der Waals surface area contributed by atoms with Gasteiger partial charge in [-0.1, -0.05) is 25.1 Å². The monoisotopic (exact) mass is 297 g/mol. The quantitative estimate of drug-likeness (QED) is 0.538. The van der Waals surface area contributed by atoms with Gasteiger partial charge in [-0.05, 0) is 35.7 Å². The highest BCUT2D eigenvalue weighted by atomic mass is 32.2. The Hall–Kier alpha value is -2.07. The van der Waals surface area contributed by atoms with Gasteiger partial charge in [-0.25, -0.2) is 9.78 Å². The lowest BCUT2D eigenvalue weighted by Crippen LogP contribution is -2.00. The summed E-state index contributed by atoms with van der Waals surface area (Å²) >= 11 is 1.62. The van der Waals surface area contributed by atoms with E-state index < -0.39 is 0 Å². The summed E-state index contributed by atoms with van der Waals surface area (Å²) in [5.74, 6) is 0.699. The van der Waals surface area contributed by atoms with E-state index >= 15 is 0 Å². The van der Waals surface area contributed by atoms with Crippen molar-refractivity contribution in [1.82, 2.24) is 4.98 Å². The number of aryl methyl sites for hydroxylation is 1. The molecule has 4 heteroatoms. The number of benzene rings is 1. The summed E-state index contributed by atoms with van der Waals surface area (Å²) in [6.07, 6.45) is 2.69. The molecule has 0 fully saturated rings. The molecule has 0 atom stereocenters. The zero-order valence-corrected chi connectivity index (χ0v) is 12.5. The first kappa shape index (κ1) is 13.9. The van der Waals surface area contributed by atoms with E-state index in [-0.39, 0.29) is 5.63 Å². The van der Waals surface area contributed by atoms with Gasteiger partial charge in [-0.2, -0.15) is 0 Å². The summed E-state index contributed by atoms with van der Waals surface area (Å²) < 4.78 is 5.32. The normalized spacial score (nSPS) is 10.9. The van der Waals surface area contributed by atoms with Crippen molar-refractivity contribution in [3.05, 3.63) is 70.2 Å². The summed E-state index contributed by atoms with van der Waals surface area (Å²) in [6, 6.07) is 13.5. The number of aromatic nitrogens is 1. The molecule has 0 aliphatic rings. The molecule has 0 N–H and O–H groups in total. The third-order valence-corrected chi connectivity index (χ3v) is 4.31. The minimum Gasteiger partial charge on any atom is -0.423 e. The number of hydrogen-bond acceptors (Lipinski definition) is 4.